The number of hydrogen-bond acceptors (Lipinski definition) is 2. The van der Waals surface area contributed by atoms with Crippen molar-refractivity contribution >= 4 is 16.7 Å². The molecule has 0 radical (unpaired) electrons. The van der Waals surface area contributed by atoms with Crippen molar-refractivity contribution in [2.75, 3.05) is 0 Å². The van der Waals surface area contributed by atoms with Crippen molar-refractivity contribution in [3.05, 3.63) is 83.2 Å². The molecule has 0 bridgehead atoms. The molecule has 1 fully saturated rings. The van der Waals surface area contributed by atoms with Crippen molar-refractivity contribution in [2.45, 2.75) is 50.6 Å². The SMILES string of the molecule is C[C@@H](NC1CCCC(c2ccc(C(=O)O)cc2F)C1)c1cccc2ccccc12. The first-order valence-corrected chi connectivity index (χ1v) is 10.3. The maximum Gasteiger partial charge on any atom is 0.335 e. The molecule has 0 aliphatic heterocycles. The van der Waals surface area contributed by atoms with E-state index in [-0.39, 0.29) is 17.5 Å². The lowest BCUT2D eigenvalue weighted by atomic mass is 9.80. The highest BCUT2D eigenvalue weighted by molar-refractivity contribution is 5.87. The zero-order valence-electron chi connectivity index (χ0n) is 16.6. The molecule has 3 aromatic rings. The van der Waals surface area contributed by atoms with E-state index in [0.29, 0.717) is 11.6 Å². The maximum absolute atomic E-state index is 14.5. The number of halogens is 1. The monoisotopic (exact) mass is 391 g/mol. The van der Waals surface area contributed by atoms with Gasteiger partial charge in [-0.15, -0.1) is 0 Å². The van der Waals surface area contributed by atoms with Crippen LogP contribution in [0.25, 0.3) is 10.8 Å². The Balaban J connectivity index is 1.49. The minimum Gasteiger partial charge on any atom is -0.478 e. The molecule has 150 valence electrons. The summed E-state index contributed by atoms with van der Waals surface area (Å²) in [5.41, 5.74) is 1.92. The van der Waals surface area contributed by atoms with Gasteiger partial charge in [-0.25, -0.2) is 9.18 Å². The fraction of sp³-hybridized carbons (Fsp3) is 0.320. The number of hydrogen-bond donors (Lipinski definition) is 2. The molecule has 1 aliphatic rings. The second kappa shape index (κ2) is 8.34. The quantitative estimate of drug-likeness (QED) is 0.556. The number of benzene rings is 3. The van der Waals surface area contributed by atoms with E-state index in [0.717, 1.165) is 31.7 Å². The van der Waals surface area contributed by atoms with Crippen LogP contribution in [0.3, 0.4) is 0 Å². The fourth-order valence-electron chi connectivity index (χ4n) is 4.69. The topological polar surface area (TPSA) is 49.3 Å². The van der Waals surface area contributed by atoms with E-state index in [2.05, 4.69) is 54.7 Å². The van der Waals surface area contributed by atoms with Crippen LogP contribution in [0.2, 0.25) is 0 Å². The lowest BCUT2D eigenvalue weighted by Gasteiger charge is -2.33. The van der Waals surface area contributed by atoms with E-state index in [1.165, 1.54) is 22.4 Å². The van der Waals surface area contributed by atoms with E-state index in [4.69, 9.17) is 5.11 Å². The minimum atomic E-state index is -1.09. The summed E-state index contributed by atoms with van der Waals surface area (Å²) in [6.45, 7) is 2.19. The van der Waals surface area contributed by atoms with Gasteiger partial charge in [0.15, 0.2) is 0 Å². The third kappa shape index (κ3) is 4.18. The minimum absolute atomic E-state index is 0.00122. The molecule has 0 spiro atoms. The Bertz CT molecular complexity index is 1030. The van der Waals surface area contributed by atoms with E-state index in [9.17, 15) is 9.18 Å². The molecule has 3 aromatic carbocycles. The average molecular weight is 391 g/mol. The Kier molecular flexibility index (Phi) is 5.63. The zero-order chi connectivity index (χ0) is 20.4. The van der Waals surface area contributed by atoms with Gasteiger partial charge in [-0.1, -0.05) is 55.0 Å². The first kappa shape index (κ1) is 19.6. The average Bonchev–Trinajstić information content (AvgIpc) is 2.73. The molecule has 0 aromatic heterocycles. The number of carboxylic acids is 1. The van der Waals surface area contributed by atoms with Gasteiger partial charge in [-0.3, -0.25) is 0 Å². The Labute approximate surface area is 170 Å². The Hall–Kier alpha value is -2.72. The van der Waals surface area contributed by atoms with Crippen LogP contribution < -0.4 is 5.32 Å². The highest BCUT2D eigenvalue weighted by Gasteiger charge is 2.27. The summed E-state index contributed by atoms with van der Waals surface area (Å²) in [5.74, 6) is -1.39. The lowest BCUT2D eigenvalue weighted by molar-refractivity contribution is 0.0696. The largest absolute Gasteiger partial charge is 0.478 e. The summed E-state index contributed by atoms with van der Waals surface area (Å²) in [5, 5.41) is 15.3. The van der Waals surface area contributed by atoms with Crippen molar-refractivity contribution in [1.29, 1.82) is 0 Å². The fourth-order valence-corrected chi connectivity index (χ4v) is 4.69. The van der Waals surface area contributed by atoms with Gasteiger partial charge in [0.05, 0.1) is 5.56 Å². The molecular weight excluding hydrogens is 365 g/mol. The second-order valence-electron chi connectivity index (χ2n) is 8.06. The van der Waals surface area contributed by atoms with Gasteiger partial charge in [0.25, 0.3) is 0 Å². The summed E-state index contributed by atoms with van der Waals surface area (Å²) in [6, 6.07) is 19.6. The zero-order valence-corrected chi connectivity index (χ0v) is 16.6. The van der Waals surface area contributed by atoms with Crippen molar-refractivity contribution in [3.63, 3.8) is 0 Å². The molecule has 29 heavy (non-hydrogen) atoms. The Morgan fingerprint density at radius 2 is 1.90 bits per heavy atom. The standard InChI is InChI=1S/C25H26FNO2/c1-16(21-11-5-7-17-6-2-3-10-22(17)21)27-20-9-4-8-18(14-20)23-13-12-19(25(28)29)15-24(23)26/h2-3,5-7,10-13,15-16,18,20,27H,4,8-9,14H2,1H3,(H,28,29)/t16-,18?,20?/m1/s1. The van der Waals surface area contributed by atoms with Crippen LogP contribution in [0.4, 0.5) is 4.39 Å². The van der Waals surface area contributed by atoms with Crippen LogP contribution in [0.15, 0.2) is 60.7 Å². The smallest absolute Gasteiger partial charge is 0.335 e. The molecule has 4 rings (SSSR count). The molecule has 0 heterocycles. The molecule has 4 heteroatoms. The summed E-state index contributed by atoms with van der Waals surface area (Å²) >= 11 is 0. The molecule has 3 atom stereocenters. The molecular formula is C25H26FNO2. The van der Waals surface area contributed by atoms with Gasteiger partial charge >= 0.3 is 5.97 Å². The molecule has 1 aliphatic carbocycles. The Morgan fingerprint density at radius 3 is 2.69 bits per heavy atom. The molecule has 0 amide bonds. The first-order chi connectivity index (χ1) is 14.0. The first-order valence-electron chi connectivity index (χ1n) is 10.3. The van der Waals surface area contributed by atoms with Crippen molar-refractivity contribution in [1.82, 2.24) is 5.32 Å². The van der Waals surface area contributed by atoms with Crippen molar-refractivity contribution in [3.8, 4) is 0 Å². The van der Waals surface area contributed by atoms with Crippen LogP contribution in [0, 0.1) is 5.82 Å². The number of aromatic carboxylic acids is 1. The van der Waals surface area contributed by atoms with Gasteiger partial charge < -0.3 is 10.4 Å². The maximum atomic E-state index is 14.5. The second-order valence-corrected chi connectivity index (χ2v) is 8.06. The normalized spacial score (nSPS) is 20.5. The van der Waals surface area contributed by atoms with Crippen LogP contribution >= 0.6 is 0 Å². The van der Waals surface area contributed by atoms with Crippen molar-refractivity contribution < 1.29 is 14.3 Å². The predicted octanol–water partition coefficient (Wildman–Crippen LogP) is 6.05. The molecule has 1 saturated carbocycles. The van der Waals surface area contributed by atoms with Crippen LogP contribution in [-0.2, 0) is 0 Å². The molecule has 3 nitrogen and oxygen atoms in total. The Morgan fingerprint density at radius 1 is 1.10 bits per heavy atom. The summed E-state index contributed by atoms with van der Waals surface area (Å²) < 4.78 is 14.5. The summed E-state index contributed by atoms with van der Waals surface area (Å²) in [7, 11) is 0. The van der Waals surface area contributed by atoms with E-state index in [1.54, 1.807) is 6.07 Å². The van der Waals surface area contributed by atoms with Gasteiger partial charge in [0, 0.05) is 12.1 Å². The summed E-state index contributed by atoms with van der Waals surface area (Å²) in [4.78, 5) is 11.1. The predicted molar refractivity (Wildman–Crippen MR) is 114 cm³/mol. The highest BCUT2D eigenvalue weighted by Crippen LogP contribution is 2.36. The van der Waals surface area contributed by atoms with E-state index >= 15 is 0 Å². The summed E-state index contributed by atoms with van der Waals surface area (Å²) in [6.07, 6.45) is 3.90. The number of fused-ring (bicyclic) bond motifs is 1. The number of carboxylic acid groups (broad SMARTS) is 1. The van der Waals surface area contributed by atoms with Crippen LogP contribution in [-0.4, -0.2) is 17.1 Å². The molecule has 2 N–H and O–H groups in total. The van der Waals surface area contributed by atoms with Crippen LogP contribution in [0.5, 0.6) is 0 Å². The molecule has 0 saturated heterocycles. The van der Waals surface area contributed by atoms with Gasteiger partial charge in [0.1, 0.15) is 5.82 Å². The van der Waals surface area contributed by atoms with Gasteiger partial charge in [-0.05, 0) is 66.1 Å². The van der Waals surface area contributed by atoms with Gasteiger partial charge in [0.2, 0.25) is 0 Å². The molecule has 2 unspecified atom stereocenters. The third-order valence-corrected chi connectivity index (χ3v) is 6.14. The highest BCUT2D eigenvalue weighted by atomic mass is 19.1. The van der Waals surface area contributed by atoms with Crippen LogP contribution in [0.1, 0.15) is 66.1 Å². The third-order valence-electron chi connectivity index (χ3n) is 6.14. The number of nitrogens with one attached hydrogen (secondary N) is 1. The van der Waals surface area contributed by atoms with Crippen molar-refractivity contribution in [2.24, 2.45) is 0 Å². The van der Waals surface area contributed by atoms with E-state index < -0.39 is 11.8 Å². The lowest BCUT2D eigenvalue weighted by Crippen LogP contribution is -2.35. The number of carbonyl (C=O) groups is 1. The van der Waals surface area contributed by atoms with E-state index in [1.807, 2.05) is 0 Å². The van der Waals surface area contributed by atoms with Gasteiger partial charge in [-0.2, -0.15) is 0 Å². The number of rotatable bonds is 5.